The van der Waals surface area contributed by atoms with E-state index < -0.39 is 0 Å². The average molecular weight is 296 g/mol. The van der Waals surface area contributed by atoms with E-state index in [0.717, 1.165) is 42.3 Å². The zero-order chi connectivity index (χ0) is 14.0. The Hall–Kier alpha value is -0.770. The van der Waals surface area contributed by atoms with E-state index in [1.54, 1.807) is 0 Å². The first-order chi connectivity index (χ1) is 9.71. The number of hydrogen-bond donors (Lipinski definition) is 1. The monoisotopic (exact) mass is 295 g/mol. The van der Waals surface area contributed by atoms with Crippen molar-refractivity contribution in [3.05, 3.63) is 28.8 Å². The van der Waals surface area contributed by atoms with Gasteiger partial charge < -0.3 is 14.8 Å². The van der Waals surface area contributed by atoms with E-state index in [1.165, 1.54) is 19.3 Å². The van der Waals surface area contributed by atoms with Gasteiger partial charge in [-0.05, 0) is 44.5 Å². The first kappa shape index (κ1) is 14.2. The molecule has 1 atom stereocenters. The lowest BCUT2D eigenvalue weighted by Crippen LogP contribution is -2.48. The largest absolute Gasteiger partial charge is 0.490 e. The van der Waals surface area contributed by atoms with Crippen LogP contribution >= 0.6 is 11.6 Å². The Kier molecular flexibility index (Phi) is 4.20. The quantitative estimate of drug-likeness (QED) is 0.921. The van der Waals surface area contributed by atoms with Gasteiger partial charge in [0.05, 0.1) is 12.2 Å². The maximum absolute atomic E-state index is 6.25. The van der Waals surface area contributed by atoms with Crippen LogP contribution in [0.15, 0.2) is 18.2 Å². The Labute approximate surface area is 125 Å². The van der Waals surface area contributed by atoms with Gasteiger partial charge in [0, 0.05) is 30.0 Å². The maximum atomic E-state index is 6.25. The van der Waals surface area contributed by atoms with Gasteiger partial charge in [-0.1, -0.05) is 11.6 Å². The van der Waals surface area contributed by atoms with Crippen LogP contribution in [0.1, 0.15) is 37.7 Å². The van der Waals surface area contributed by atoms with Gasteiger partial charge >= 0.3 is 0 Å². The first-order valence-electron chi connectivity index (χ1n) is 7.44. The van der Waals surface area contributed by atoms with E-state index in [0.29, 0.717) is 0 Å². The van der Waals surface area contributed by atoms with Crippen LogP contribution in [0, 0.1) is 0 Å². The van der Waals surface area contributed by atoms with E-state index in [9.17, 15) is 0 Å². The molecule has 1 aromatic carbocycles. The lowest BCUT2D eigenvalue weighted by Gasteiger charge is -2.47. The molecule has 1 N–H and O–H groups in total. The molecule has 0 bridgehead atoms. The van der Waals surface area contributed by atoms with Crippen molar-refractivity contribution in [3.8, 4) is 5.75 Å². The number of ether oxygens (including phenoxy) is 2. The highest BCUT2D eigenvalue weighted by Crippen LogP contribution is 2.43. The molecule has 2 aliphatic rings. The predicted octanol–water partition coefficient (Wildman–Crippen LogP) is 3.54. The fourth-order valence-corrected chi connectivity index (χ4v) is 3.37. The van der Waals surface area contributed by atoms with Gasteiger partial charge in [-0.3, -0.25) is 0 Å². The molecule has 3 nitrogen and oxygen atoms in total. The molecule has 0 aromatic heterocycles. The summed E-state index contributed by atoms with van der Waals surface area (Å²) in [7, 11) is 1.93. The molecule has 1 unspecified atom stereocenters. The predicted molar refractivity (Wildman–Crippen MR) is 80.4 cm³/mol. The van der Waals surface area contributed by atoms with Crippen LogP contribution in [-0.2, 0) is 11.3 Å². The van der Waals surface area contributed by atoms with Crippen molar-refractivity contribution in [1.29, 1.82) is 0 Å². The Morgan fingerprint density at radius 3 is 3.00 bits per heavy atom. The van der Waals surface area contributed by atoms with Crippen LogP contribution in [0.5, 0.6) is 5.75 Å². The molecule has 1 heterocycles. The SMILES string of the molecule is CNCc1cc(Cl)ccc1OC1CCOC2(CCC2)C1. The van der Waals surface area contributed by atoms with Crippen LogP contribution in [0.4, 0.5) is 0 Å². The molecule has 2 fully saturated rings. The van der Waals surface area contributed by atoms with Crippen LogP contribution < -0.4 is 10.1 Å². The zero-order valence-electron chi connectivity index (χ0n) is 12.0. The summed E-state index contributed by atoms with van der Waals surface area (Å²) in [5, 5.41) is 3.92. The third-order valence-electron chi connectivity index (χ3n) is 4.40. The summed E-state index contributed by atoms with van der Waals surface area (Å²) < 4.78 is 12.2. The molecule has 1 spiro atoms. The van der Waals surface area contributed by atoms with Crippen molar-refractivity contribution in [3.63, 3.8) is 0 Å². The van der Waals surface area contributed by atoms with E-state index in [4.69, 9.17) is 21.1 Å². The highest BCUT2D eigenvalue weighted by Gasteiger charge is 2.43. The smallest absolute Gasteiger partial charge is 0.124 e. The maximum Gasteiger partial charge on any atom is 0.124 e. The minimum absolute atomic E-state index is 0.124. The second-order valence-corrected chi connectivity index (χ2v) is 6.34. The lowest BCUT2D eigenvalue weighted by atomic mass is 9.74. The average Bonchev–Trinajstić information content (AvgIpc) is 2.41. The molecule has 110 valence electrons. The van der Waals surface area contributed by atoms with Crippen molar-refractivity contribution >= 4 is 11.6 Å². The normalized spacial score (nSPS) is 24.4. The van der Waals surface area contributed by atoms with E-state index >= 15 is 0 Å². The standard InChI is InChI=1S/C16H22ClNO2/c1-18-11-12-9-13(17)3-4-15(12)20-14-5-8-19-16(10-14)6-2-7-16/h3-4,9,14,18H,2,5-8,10-11H2,1H3. The highest BCUT2D eigenvalue weighted by atomic mass is 35.5. The summed E-state index contributed by atoms with van der Waals surface area (Å²) in [6.07, 6.45) is 5.94. The molecular weight excluding hydrogens is 274 g/mol. The van der Waals surface area contributed by atoms with E-state index in [1.807, 2.05) is 25.2 Å². The first-order valence-corrected chi connectivity index (χ1v) is 7.82. The summed E-state index contributed by atoms with van der Waals surface area (Å²) in [5.74, 6) is 0.949. The number of rotatable bonds is 4. The molecule has 3 rings (SSSR count). The summed E-state index contributed by atoms with van der Waals surface area (Å²) in [5.41, 5.74) is 1.24. The summed E-state index contributed by atoms with van der Waals surface area (Å²) >= 11 is 6.07. The molecule has 0 radical (unpaired) electrons. The van der Waals surface area contributed by atoms with Gasteiger partial charge in [-0.15, -0.1) is 0 Å². The molecule has 1 aliphatic heterocycles. The fourth-order valence-electron chi connectivity index (χ4n) is 3.17. The Morgan fingerprint density at radius 1 is 1.45 bits per heavy atom. The number of nitrogens with one attached hydrogen (secondary N) is 1. The number of halogens is 1. The number of hydrogen-bond acceptors (Lipinski definition) is 3. The van der Waals surface area contributed by atoms with E-state index in [-0.39, 0.29) is 11.7 Å². The molecule has 1 saturated carbocycles. The summed E-state index contributed by atoms with van der Waals surface area (Å²) in [4.78, 5) is 0. The van der Waals surface area contributed by atoms with E-state index in [2.05, 4.69) is 5.32 Å². The minimum atomic E-state index is 0.124. The molecule has 0 amide bonds. The molecule has 20 heavy (non-hydrogen) atoms. The Morgan fingerprint density at radius 2 is 2.30 bits per heavy atom. The highest BCUT2D eigenvalue weighted by molar-refractivity contribution is 6.30. The van der Waals surface area contributed by atoms with Crippen LogP contribution in [-0.4, -0.2) is 25.4 Å². The zero-order valence-corrected chi connectivity index (χ0v) is 12.7. The van der Waals surface area contributed by atoms with Gasteiger partial charge in [0.2, 0.25) is 0 Å². The third-order valence-corrected chi connectivity index (χ3v) is 4.63. The third kappa shape index (κ3) is 2.95. The van der Waals surface area contributed by atoms with Gasteiger partial charge in [-0.2, -0.15) is 0 Å². The van der Waals surface area contributed by atoms with Crippen LogP contribution in [0.25, 0.3) is 0 Å². The van der Waals surface area contributed by atoms with Crippen molar-refractivity contribution < 1.29 is 9.47 Å². The molecule has 1 aromatic rings. The van der Waals surface area contributed by atoms with Gasteiger partial charge in [0.25, 0.3) is 0 Å². The van der Waals surface area contributed by atoms with Crippen LogP contribution in [0.3, 0.4) is 0 Å². The van der Waals surface area contributed by atoms with Crippen molar-refractivity contribution in [2.75, 3.05) is 13.7 Å². The van der Waals surface area contributed by atoms with Crippen molar-refractivity contribution in [1.82, 2.24) is 5.32 Å². The molecule has 1 saturated heterocycles. The van der Waals surface area contributed by atoms with Gasteiger partial charge in [0.1, 0.15) is 11.9 Å². The fraction of sp³-hybridized carbons (Fsp3) is 0.625. The van der Waals surface area contributed by atoms with Crippen molar-refractivity contribution in [2.45, 2.75) is 50.4 Å². The second kappa shape index (κ2) is 5.92. The second-order valence-electron chi connectivity index (χ2n) is 5.90. The molecule has 1 aliphatic carbocycles. The lowest BCUT2D eigenvalue weighted by molar-refractivity contribution is -0.153. The molecule has 4 heteroatoms. The van der Waals surface area contributed by atoms with Gasteiger partial charge in [-0.25, -0.2) is 0 Å². The Bertz CT molecular complexity index is 474. The minimum Gasteiger partial charge on any atom is -0.490 e. The topological polar surface area (TPSA) is 30.5 Å². The summed E-state index contributed by atoms with van der Waals surface area (Å²) in [6, 6.07) is 5.86. The van der Waals surface area contributed by atoms with Gasteiger partial charge in [0.15, 0.2) is 0 Å². The number of benzene rings is 1. The van der Waals surface area contributed by atoms with Crippen LogP contribution in [0.2, 0.25) is 5.02 Å². The Balaban J connectivity index is 1.70. The summed E-state index contributed by atoms with van der Waals surface area (Å²) in [6.45, 7) is 1.59. The molecular formula is C16H22ClNO2. The van der Waals surface area contributed by atoms with Crippen molar-refractivity contribution in [2.24, 2.45) is 0 Å².